The topological polar surface area (TPSA) is 94.1 Å². The molecule has 8 nitrogen and oxygen atoms in total. The molecule has 0 atom stereocenters. The fourth-order valence-electron chi connectivity index (χ4n) is 2.97. The van der Waals surface area contributed by atoms with E-state index in [-0.39, 0.29) is 12.7 Å². The first-order valence-corrected chi connectivity index (χ1v) is 9.86. The summed E-state index contributed by atoms with van der Waals surface area (Å²) in [5.74, 6) is 1.78. The highest BCUT2D eigenvalue weighted by Gasteiger charge is 2.17. The number of rotatable bonds is 6. The third-order valence-corrected chi connectivity index (χ3v) is 4.45. The van der Waals surface area contributed by atoms with Crippen LogP contribution in [0.25, 0.3) is 0 Å². The molecule has 2 aromatic carbocycles. The number of hydrogen-bond donors (Lipinski definition) is 2. The molecule has 4 rings (SSSR count). The van der Waals surface area contributed by atoms with Gasteiger partial charge in [-0.1, -0.05) is 18.2 Å². The molecule has 0 unspecified atom stereocenters. The van der Waals surface area contributed by atoms with E-state index in [0.717, 1.165) is 5.56 Å². The number of carbonyl (C=O) groups is 1. The van der Waals surface area contributed by atoms with Gasteiger partial charge in [-0.2, -0.15) is 0 Å². The second kappa shape index (κ2) is 9.62. The Balaban J connectivity index is 1.57. The molecule has 0 bridgehead atoms. The number of para-hydroxylation sites is 2. The van der Waals surface area contributed by atoms with E-state index in [1.54, 1.807) is 30.6 Å². The zero-order valence-corrected chi connectivity index (χ0v) is 17.0. The lowest BCUT2D eigenvalue weighted by molar-refractivity contribution is 0.0976. The van der Waals surface area contributed by atoms with Crippen LogP contribution in [0.15, 0.2) is 72.0 Å². The van der Waals surface area contributed by atoms with E-state index >= 15 is 0 Å². The van der Waals surface area contributed by atoms with Crippen molar-refractivity contribution in [3.05, 3.63) is 78.1 Å². The summed E-state index contributed by atoms with van der Waals surface area (Å²) in [6, 6.07) is 16.3. The third-order valence-electron chi connectivity index (χ3n) is 4.45. The van der Waals surface area contributed by atoms with Gasteiger partial charge in [0.05, 0.1) is 18.8 Å². The molecule has 0 saturated carbocycles. The molecule has 1 aromatic heterocycles. The van der Waals surface area contributed by atoms with E-state index in [2.05, 4.69) is 20.6 Å². The first kappa shape index (κ1) is 20.2. The van der Waals surface area contributed by atoms with Gasteiger partial charge in [-0.3, -0.25) is 15.1 Å². The Morgan fingerprint density at radius 1 is 1.13 bits per heavy atom. The first-order valence-electron chi connectivity index (χ1n) is 9.86. The Hall–Kier alpha value is -4.07. The van der Waals surface area contributed by atoms with Gasteiger partial charge in [0, 0.05) is 18.0 Å². The van der Waals surface area contributed by atoms with Gasteiger partial charge >= 0.3 is 0 Å². The maximum atomic E-state index is 12.9. The molecule has 0 radical (unpaired) electrons. The average molecular weight is 418 g/mol. The summed E-state index contributed by atoms with van der Waals surface area (Å²) in [7, 11) is 0. The van der Waals surface area contributed by atoms with Crippen LogP contribution in [-0.2, 0) is 6.54 Å². The van der Waals surface area contributed by atoms with Crippen LogP contribution in [0.5, 0.6) is 17.2 Å². The van der Waals surface area contributed by atoms with Crippen LogP contribution in [-0.4, -0.2) is 30.3 Å². The van der Waals surface area contributed by atoms with Gasteiger partial charge in [-0.25, -0.2) is 4.99 Å². The minimum absolute atomic E-state index is 0.147. The van der Waals surface area contributed by atoms with Crippen LogP contribution in [0.2, 0.25) is 0 Å². The number of fused-ring (bicyclic) bond motifs is 1. The lowest BCUT2D eigenvalue weighted by Gasteiger charge is -2.15. The summed E-state index contributed by atoms with van der Waals surface area (Å²) in [6.07, 6.45) is 3.43. The third kappa shape index (κ3) is 5.11. The van der Waals surface area contributed by atoms with Crippen LogP contribution >= 0.6 is 0 Å². The molecule has 2 N–H and O–H groups in total. The lowest BCUT2D eigenvalue weighted by Crippen LogP contribution is -2.36. The minimum atomic E-state index is -0.329. The number of anilines is 1. The van der Waals surface area contributed by atoms with Crippen LogP contribution in [0.1, 0.15) is 22.8 Å². The largest absolute Gasteiger partial charge is 0.492 e. The number of amides is 1. The highest BCUT2D eigenvalue weighted by atomic mass is 16.7. The van der Waals surface area contributed by atoms with E-state index < -0.39 is 0 Å². The van der Waals surface area contributed by atoms with Crippen molar-refractivity contribution in [2.45, 2.75) is 13.5 Å². The van der Waals surface area contributed by atoms with E-state index in [1.165, 1.54) is 0 Å². The molecule has 0 spiro atoms. The summed E-state index contributed by atoms with van der Waals surface area (Å²) < 4.78 is 16.3. The van der Waals surface area contributed by atoms with Crippen molar-refractivity contribution >= 4 is 17.6 Å². The van der Waals surface area contributed by atoms with Gasteiger partial charge in [0.1, 0.15) is 5.75 Å². The van der Waals surface area contributed by atoms with E-state index in [1.807, 2.05) is 43.3 Å². The number of benzene rings is 2. The Labute approximate surface area is 179 Å². The molecular formula is C23H22N4O4. The zero-order valence-electron chi connectivity index (χ0n) is 17.0. The molecule has 3 aromatic rings. The number of pyridine rings is 1. The summed E-state index contributed by atoms with van der Waals surface area (Å²) in [5, 5.41) is 6.01. The number of nitrogens with one attached hydrogen (secondary N) is 2. The molecule has 2 heterocycles. The number of aromatic nitrogens is 1. The van der Waals surface area contributed by atoms with Crippen LogP contribution < -0.4 is 24.8 Å². The molecule has 0 fully saturated rings. The highest BCUT2D eigenvalue weighted by Crippen LogP contribution is 2.32. The van der Waals surface area contributed by atoms with Gasteiger partial charge in [0.2, 0.25) is 12.8 Å². The van der Waals surface area contributed by atoms with E-state index in [0.29, 0.717) is 47.6 Å². The van der Waals surface area contributed by atoms with Crippen LogP contribution in [0.3, 0.4) is 0 Å². The summed E-state index contributed by atoms with van der Waals surface area (Å²) >= 11 is 0. The smallest absolute Gasteiger partial charge is 0.258 e. The van der Waals surface area contributed by atoms with Crippen molar-refractivity contribution in [1.82, 2.24) is 10.3 Å². The maximum absolute atomic E-state index is 12.9. The summed E-state index contributed by atoms with van der Waals surface area (Å²) in [6.45, 7) is 2.92. The monoisotopic (exact) mass is 418 g/mol. The Kier molecular flexibility index (Phi) is 6.27. The number of ether oxygens (including phenoxy) is 3. The highest BCUT2D eigenvalue weighted by molar-refractivity contribution is 6.10. The van der Waals surface area contributed by atoms with E-state index in [4.69, 9.17) is 14.2 Å². The quantitative estimate of drug-likeness (QED) is 0.469. The molecule has 31 heavy (non-hydrogen) atoms. The van der Waals surface area contributed by atoms with Gasteiger partial charge in [0.15, 0.2) is 11.5 Å². The van der Waals surface area contributed by atoms with Crippen LogP contribution in [0.4, 0.5) is 5.69 Å². The number of hydrogen-bond acceptors (Lipinski definition) is 6. The fraction of sp³-hybridized carbons (Fsp3) is 0.174. The van der Waals surface area contributed by atoms with Crippen molar-refractivity contribution < 1.29 is 19.0 Å². The summed E-state index contributed by atoms with van der Waals surface area (Å²) in [5.41, 5.74) is 2.04. The fourth-order valence-corrected chi connectivity index (χ4v) is 2.97. The van der Waals surface area contributed by atoms with Crippen LogP contribution in [0, 0.1) is 0 Å². The normalized spacial score (nSPS) is 12.4. The second-order valence-corrected chi connectivity index (χ2v) is 6.60. The van der Waals surface area contributed by atoms with E-state index in [9.17, 15) is 4.79 Å². The predicted molar refractivity (Wildman–Crippen MR) is 117 cm³/mol. The molecule has 0 aliphatic carbocycles. The maximum Gasteiger partial charge on any atom is 0.258 e. The molecule has 8 heteroatoms. The van der Waals surface area contributed by atoms with Crippen molar-refractivity contribution in [2.75, 3.05) is 18.7 Å². The van der Waals surface area contributed by atoms with Gasteiger partial charge in [-0.15, -0.1) is 0 Å². The standard InChI is InChI=1S/C23H22N4O4/c1-2-29-19-8-4-3-7-18(19)26-23(25-14-16-6-5-11-24-13-16)27-22(28)17-9-10-20-21(12-17)31-15-30-20/h3-13H,2,14-15H2,1H3,(H2,25,26,27,28). The van der Waals surface area contributed by atoms with Crippen molar-refractivity contribution in [1.29, 1.82) is 0 Å². The first-order chi connectivity index (χ1) is 15.2. The molecule has 1 aliphatic heterocycles. The van der Waals surface area contributed by atoms with Crippen molar-refractivity contribution in [3.63, 3.8) is 0 Å². The molecular weight excluding hydrogens is 396 g/mol. The lowest BCUT2D eigenvalue weighted by atomic mass is 10.2. The van der Waals surface area contributed by atoms with Gasteiger partial charge in [0.25, 0.3) is 5.91 Å². The zero-order chi connectivity index (χ0) is 21.5. The number of nitrogens with zero attached hydrogens (tertiary/aromatic N) is 2. The average Bonchev–Trinajstić information content (AvgIpc) is 3.27. The molecule has 0 saturated heterocycles. The number of guanidine groups is 1. The van der Waals surface area contributed by atoms with Gasteiger partial charge < -0.3 is 19.5 Å². The Morgan fingerprint density at radius 3 is 2.84 bits per heavy atom. The Morgan fingerprint density at radius 2 is 2.00 bits per heavy atom. The molecule has 1 amide bonds. The SMILES string of the molecule is CCOc1ccccc1NC(=NCc1cccnc1)NC(=O)c1ccc2c(c1)OCO2. The predicted octanol–water partition coefficient (Wildman–Crippen LogP) is 3.61. The van der Waals surface area contributed by atoms with Gasteiger partial charge in [-0.05, 0) is 48.9 Å². The molecule has 1 aliphatic rings. The number of carbonyl (C=O) groups excluding carboxylic acids is 1. The van der Waals surface area contributed by atoms with Crippen molar-refractivity contribution in [2.24, 2.45) is 4.99 Å². The Bertz CT molecular complexity index is 1090. The number of aliphatic imine (C=N–C) groups is 1. The van der Waals surface area contributed by atoms with Crippen molar-refractivity contribution in [3.8, 4) is 17.2 Å². The molecule has 158 valence electrons. The minimum Gasteiger partial charge on any atom is -0.492 e. The second-order valence-electron chi connectivity index (χ2n) is 6.60. The summed E-state index contributed by atoms with van der Waals surface area (Å²) in [4.78, 5) is 21.5.